The van der Waals surface area contributed by atoms with Gasteiger partial charge in [-0.15, -0.1) is 0 Å². The number of phenolic OH excluding ortho intramolecular Hbond substituents is 4. The van der Waals surface area contributed by atoms with Crippen LogP contribution in [0, 0.1) is 0 Å². The monoisotopic (exact) mass is 316 g/mol. The maximum atomic E-state index is 12.4. The molecule has 0 saturated carbocycles. The van der Waals surface area contributed by atoms with Crippen molar-refractivity contribution in [1.29, 1.82) is 0 Å². The van der Waals surface area contributed by atoms with Gasteiger partial charge >= 0.3 is 6.03 Å². The van der Waals surface area contributed by atoms with E-state index in [1.54, 1.807) is 0 Å². The molecule has 0 spiro atoms. The van der Waals surface area contributed by atoms with Gasteiger partial charge in [-0.3, -0.25) is 10.1 Å². The SMILES string of the molecule is O=C1NC(=O)C(c2ccc(O)cc2O)(c2ccc(O)cc2O)N1. The maximum absolute atomic E-state index is 12.4. The van der Waals surface area contributed by atoms with Crippen molar-refractivity contribution in [2.75, 3.05) is 0 Å². The molecule has 2 aromatic rings. The summed E-state index contributed by atoms with van der Waals surface area (Å²) in [5.41, 5.74) is -1.98. The number of nitrogens with one attached hydrogen (secondary N) is 2. The van der Waals surface area contributed by atoms with Crippen molar-refractivity contribution >= 4 is 11.9 Å². The third-order valence-corrected chi connectivity index (χ3v) is 3.64. The predicted molar refractivity (Wildman–Crippen MR) is 77.0 cm³/mol. The van der Waals surface area contributed by atoms with E-state index in [-0.39, 0.29) is 22.6 Å². The Morgan fingerprint density at radius 3 is 1.61 bits per heavy atom. The van der Waals surface area contributed by atoms with Crippen LogP contribution in [0.5, 0.6) is 23.0 Å². The molecule has 3 rings (SSSR count). The topological polar surface area (TPSA) is 139 Å². The fraction of sp³-hybridized carbons (Fsp3) is 0.0667. The molecule has 2 aromatic carbocycles. The molecule has 0 unspecified atom stereocenters. The molecule has 8 nitrogen and oxygen atoms in total. The summed E-state index contributed by atoms with van der Waals surface area (Å²) >= 11 is 0. The van der Waals surface area contributed by atoms with E-state index in [2.05, 4.69) is 10.6 Å². The highest BCUT2D eigenvalue weighted by Gasteiger charge is 2.52. The van der Waals surface area contributed by atoms with Gasteiger partial charge in [0, 0.05) is 23.3 Å². The zero-order chi connectivity index (χ0) is 16.8. The van der Waals surface area contributed by atoms with Crippen molar-refractivity contribution in [2.45, 2.75) is 5.54 Å². The first-order valence-corrected chi connectivity index (χ1v) is 6.53. The van der Waals surface area contributed by atoms with Crippen LogP contribution in [-0.2, 0) is 10.3 Å². The minimum Gasteiger partial charge on any atom is -0.508 e. The Balaban J connectivity index is 2.32. The van der Waals surface area contributed by atoms with Gasteiger partial charge in [0.15, 0.2) is 5.54 Å². The second-order valence-electron chi connectivity index (χ2n) is 5.06. The highest BCUT2D eigenvalue weighted by Crippen LogP contribution is 2.43. The molecule has 0 aliphatic carbocycles. The maximum Gasteiger partial charge on any atom is 0.322 e. The number of hydrogen-bond acceptors (Lipinski definition) is 6. The Morgan fingerprint density at radius 1 is 0.783 bits per heavy atom. The zero-order valence-corrected chi connectivity index (χ0v) is 11.6. The van der Waals surface area contributed by atoms with Crippen LogP contribution >= 0.6 is 0 Å². The number of benzene rings is 2. The van der Waals surface area contributed by atoms with Gasteiger partial charge in [-0.2, -0.15) is 0 Å². The first kappa shape index (κ1) is 14.5. The van der Waals surface area contributed by atoms with Crippen molar-refractivity contribution < 1.29 is 30.0 Å². The van der Waals surface area contributed by atoms with Gasteiger partial charge in [0.1, 0.15) is 23.0 Å². The minimum absolute atomic E-state index is 0.0420. The zero-order valence-electron chi connectivity index (χ0n) is 11.6. The van der Waals surface area contributed by atoms with E-state index >= 15 is 0 Å². The summed E-state index contributed by atoms with van der Waals surface area (Å²) in [6, 6.07) is 6.16. The van der Waals surface area contributed by atoms with Crippen LogP contribution in [0.25, 0.3) is 0 Å². The number of carbonyl (C=O) groups is 2. The number of urea groups is 1. The molecule has 23 heavy (non-hydrogen) atoms. The van der Waals surface area contributed by atoms with E-state index in [4.69, 9.17) is 0 Å². The molecule has 6 N–H and O–H groups in total. The van der Waals surface area contributed by atoms with Crippen LogP contribution in [0.1, 0.15) is 11.1 Å². The normalized spacial score (nSPS) is 16.0. The average Bonchev–Trinajstić information content (AvgIpc) is 2.74. The van der Waals surface area contributed by atoms with Crippen LogP contribution in [0.15, 0.2) is 36.4 Å². The number of rotatable bonds is 2. The van der Waals surface area contributed by atoms with Gasteiger partial charge in [0.05, 0.1) is 0 Å². The standard InChI is InChI=1S/C15H12N2O6/c18-7-1-3-9(11(20)5-7)15(13(22)16-14(23)17-15)10-4-2-8(19)6-12(10)21/h1-6,18-21H,(H2,16,17,22,23). The third-order valence-electron chi connectivity index (χ3n) is 3.64. The lowest BCUT2D eigenvalue weighted by Crippen LogP contribution is -2.45. The lowest BCUT2D eigenvalue weighted by atomic mass is 9.81. The molecule has 1 fully saturated rings. The van der Waals surface area contributed by atoms with Crippen molar-refractivity contribution in [3.8, 4) is 23.0 Å². The quantitative estimate of drug-likeness (QED) is 0.448. The van der Waals surface area contributed by atoms with E-state index in [1.165, 1.54) is 24.3 Å². The molecule has 3 amide bonds. The Kier molecular flexibility index (Phi) is 3.03. The molecule has 1 saturated heterocycles. The fourth-order valence-corrected chi connectivity index (χ4v) is 2.65. The van der Waals surface area contributed by atoms with Gasteiger partial charge in [0.2, 0.25) is 0 Å². The van der Waals surface area contributed by atoms with E-state index in [0.717, 1.165) is 12.1 Å². The van der Waals surface area contributed by atoms with E-state index < -0.39 is 29.0 Å². The first-order valence-electron chi connectivity index (χ1n) is 6.53. The smallest absolute Gasteiger partial charge is 0.322 e. The van der Waals surface area contributed by atoms with Crippen molar-refractivity contribution in [3.63, 3.8) is 0 Å². The summed E-state index contributed by atoms with van der Waals surface area (Å²) in [6.45, 7) is 0. The first-order chi connectivity index (χ1) is 10.8. The Labute approximate surface area is 129 Å². The van der Waals surface area contributed by atoms with Crippen LogP contribution in [0.3, 0.4) is 0 Å². The largest absolute Gasteiger partial charge is 0.508 e. The molecule has 0 bridgehead atoms. The summed E-state index contributed by atoms with van der Waals surface area (Å²) < 4.78 is 0. The molecular formula is C15H12N2O6. The fourth-order valence-electron chi connectivity index (χ4n) is 2.65. The Hall–Kier alpha value is -3.42. The predicted octanol–water partition coefficient (Wildman–Crippen LogP) is 0.592. The summed E-state index contributed by atoms with van der Waals surface area (Å²) in [4.78, 5) is 24.1. The van der Waals surface area contributed by atoms with Gasteiger partial charge in [-0.05, 0) is 24.3 Å². The number of phenols is 4. The van der Waals surface area contributed by atoms with Crippen molar-refractivity contribution in [3.05, 3.63) is 47.5 Å². The molecule has 1 heterocycles. The third kappa shape index (κ3) is 2.08. The average molecular weight is 316 g/mol. The number of aromatic hydroxyl groups is 4. The van der Waals surface area contributed by atoms with Gasteiger partial charge in [-0.25, -0.2) is 4.79 Å². The molecule has 1 aliphatic heterocycles. The highest BCUT2D eigenvalue weighted by atomic mass is 16.3. The molecule has 0 atom stereocenters. The Bertz CT molecular complexity index is 781. The molecule has 1 aliphatic rings. The second-order valence-corrected chi connectivity index (χ2v) is 5.06. The van der Waals surface area contributed by atoms with Crippen LogP contribution in [0.2, 0.25) is 0 Å². The van der Waals surface area contributed by atoms with E-state index in [1.807, 2.05) is 0 Å². The lowest BCUT2D eigenvalue weighted by Gasteiger charge is -2.28. The number of amides is 3. The van der Waals surface area contributed by atoms with E-state index in [0.29, 0.717) is 0 Å². The summed E-state index contributed by atoms with van der Waals surface area (Å²) in [5.74, 6) is -2.18. The number of carbonyl (C=O) groups excluding carboxylic acids is 2. The van der Waals surface area contributed by atoms with Crippen LogP contribution in [0.4, 0.5) is 4.79 Å². The number of hydrogen-bond donors (Lipinski definition) is 6. The highest BCUT2D eigenvalue weighted by molar-refractivity contribution is 6.10. The molecular weight excluding hydrogens is 304 g/mol. The van der Waals surface area contributed by atoms with Gasteiger partial charge in [-0.1, -0.05) is 0 Å². The molecule has 0 aromatic heterocycles. The molecule has 0 radical (unpaired) electrons. The second kappa shape index (κ2) is 4.80. The van der Waals surface area contributed by atoms with Gasteiger partial charge in [0.25, 0.3) is 5.91 Å². The Morgan fingerprint density at radius 2 is 1.26 bits per heavy atom. The number of imide groups is 1. The van der Waals surface area contributed by atoms with Gasteiger partial charge < -0.3 is 25.7 Å². The summed E-state index contributed by atoms with van der Waals surface area (Å²) in [7, 11) is 0. The minimum atomic E-state index is -1.90. The van der Waals surface area contributed by atoms with Crippen molar-refractivity contribution in [2.24, 2.45) is 0 Å². The van der Waals surface area contributed by atoms with Crippen LogP contribution < -0.4 is 10.6 Å². The van der Waals surface area contributed by atoms with E-state index in [9.17, 15) is 30.0 Å². The summed E-state index contributed by atoms with van der Waals surface area (Å²) in [6.07, 6.45) is 0. The van der Waals surface area contributed by atoms with Crippen molar-refractivity contribution in [1.82, 2.24) is 10.6 Å². The van der Waals surface area contributed by atoms with Crippen LogP contribution in [-0.4, -0.2) is 32.4 Å². The summed E-state index contributed by atoms with van der Waals surface area (Å²) in [5, 5.41) is 43.5. The lowest BCUT2D eigenvalue weighted by molar-refractivity contribution is -0.123. The molecule has 8 heteroatoms. The molecule has 118 valence electrons.